The Hall–Kier alpha value is -12.2. The van der Waals surface area contributed by atoms with Crippen molar-refractivity contribution in [3.05, 3.63) is 188 Å². The summed E-state index contributed by atoms with van der Waals surface area (Å²) in [6.07, 6.45) is 12.3. The number of benzene rings is 6. The molecule has 6 aromatic carbocycles. The summed E-state index contributed by atoms with van der Waals surface area (Å²) >= 11 is 0. The average Bonchev–Trinajstić information content (AvgIpc) is 0.822. The number of para-hydroxylation sites is 6. The molecule has 0 saturated heterocycles. The normalized spacial score (nSPS) is 16.8. The summed E-state index contributed by atoms with van der Waals surface area (Å²) in [7, 11) is -10.6. The number of fused-ring (bicyclic) bond motifs is 6. The number of primary sulfonamides is 1. The topological polar surface area (TPSA) is 548 Å². The molecule has 0 fully saturated rings. The Morgan fingerprint density at radius 3 is 0.874 bits per heavy atom. The van der Waals surface area contributed by atoms with Crippen LogP contribution in [-0.4, -0.2) is 186 Å². The molecular weight excluding hydrogens is 1760 g/mol. The second-order valence-corrected chi connectivity index (χ2v) is 36.9. The van der Waals surface area contributed by atoms with E-state index >= 15 is 0 Å². The van der Waals surface area contributed by atoms with Crippen molar-refractivity contribution in [1.82, 2.24) is 5.32 Å². The number of hydrogen-bond acceptors (Lipinski definition) is 30. The van der Waals surface area contributed by atoms with E-state index in [0.717, 1.165) is 33.4 Å². The smallest absolute Gasteiger partial charge is 0.526 e. The van der Waals surface area contributed by atoms with Crippen LogP contribution in [0.1, 0.15) is 255 Å². The first-order chi connectivity index (χ1) is 63.4. The highest BCUT2D eigenvalue weighted by atomic mass is 32.2. The predicted molar refractivity (Wildman–Crippen MR) is 504 cm³/mol. The number of hydrogen-bond donors (Lipinski definition) is 9. The minimum Gasteiger partial charge on any atom is -0.535 e. The zero-order valence-electron chi connectivity index (χ0n) is 77.4. The third-order valence-electron chi connectivity index (χ3n) is 22.9. The van der Waals surface area contributed by atoms with Gasteiger partial charge in [0.1, 0.15) is 69.2 Å². The van der Waals surface area contributed by atoms with Gasteiger partial charge in [-0.15, -0.1) is 12.3 Å². The lowest BCUT2D eigenvalue weighted by atomic mass is 9.64. The van der Waals surface area contributed by atoms with Crippen molar-refractivity contribution in [3.8, 4) is 46.8 Å². The number of primary amides is 1. The number of ketones is 15. The van der Waals surface area contributed by atoms with Gasteiger partial charge in [0.2, 0.25) is 10.0 Å². The first kappa shape index (κ1) is 110. The van der Waals surface area contributed by atoms with Crippen molar-refractivity contribution in [2.75, 3.05) is 12.3 Å². The van der Waals surface area contributed by atoms with Crippen molar-refractivity contribution in [1.29, 1.82) is 0 Å². The van der Waals surface area contributed by atoms with Crippen molar-refractivity contribution in [3.63, 3.8) is 0 Å². The fourth-order valence-electron chi connectivity index (χ4n) is 15.7. The number of carbonyl (C=O) groups excluding carboxylic acids is 16. The average molecular weight is 1870 g/mol. The summed E-state index contributed by atoms with van der Waals surface area (Å²) < 4.78 is 54.6. The molecule has 6 aliphatic rings. The van der Waals surface area contributed by atoms with Gasteiger partial charge in [-0.2, -0.15) is 0 Å². The molecule has 712 valence electrons. The van der Waals surface area contributed by atoms with Crippen molar-refractivity contribution in [2.45, 2.75) is 233 Å². The Bertz CT molecular complexity index is 5560. The maximum Gasteiger partial charge on any atom is 0.526 e. The van der Waals surface area contributed by atoms with Gasteiger partial charge in [-0.1, -0.05) is 93.6 Å². The van der Waals surface area contributed by atoms with Crippen LogP contribution in [0, 0.1) is 17.8 Å². The second kappa shape index (κ2) is 50.9. The van der Waals surface area contributed by atoms with Crippen LogP contribution in [0.4, 0.5) is 4.79 Å². The highest BCUT2D eigenvalue weighted by molar-refractivity contribution is 7.89. The molecule has 135 heavy (non-hydrogen) atoms. The molecule has 0 unspecified atom stereocenters. The molecule has 6 atom stereocenters. The molecule has 0 radical (unpaired) electrons. The molecule has 6 aliphatic heterocycles. The molecule has 33 nitrogen and oxygen atoms in total. The highest BCUT2D eigenvalue weighted by Crippen LogP contribution is 2.43. The van der Waals surface area contributed by atoms with Crippen LogP contribution in [0.3, 0.4) is 0 Å². The number of amides is 2. The molecule has 0 aliphatic carbocycles. The molecule has 40 heteroatoms. The Balaban J connectivity index is 0.000000221. The molecule has 6 aromatic rings. The third-order valence-corrected chi connectivity index (χ3v) is 23.7. The maximum atomic E-state index is 12.2. The number of rotatable bonds is 33. The molecule has 0 bridgehead atoms. The zero-order valence-corrected chi connectivity index (χ0v) is 78.3. The fraction of sp³-hybridized carbons (Fsp3) is 0.411. The number of nitrogens with one attached hydrogen (secondary N) is 1. The van der Waals surface area contributed by atoms with E-state index in [9.17, 15) is 115 Å². The molecule has 6 heterocycles. The van der Waals surface area contributed by atoms with Gasteiger partial charge in [-0.3, -0.25) is 67.1 Å². The van der Waals surface area contributed by atoms with Gasteiger partial charge in [-0.25, -0.2) is 18.4 Å². The van der Waals surface area contributed by atoms with Gasteiger partial charge >= 0.3 is 48.7 Å². The van der Waals surface area contributed by atoms with Crippen molar-refractivity contribution in [2.24, 2.45) is 16.3 Å². The highest BCUT2D eigenvalue weighted by Gasteiger charge is 2.44. The molecule has 11 N–H and O–H groups in total. The molecule has 12 rings (SSSR count). The second-order valence-electron chi connectivity index (χ2n) is 35.2. The minimum absolute atomic E-state index is 0.0135. The van der Waals surface area contributed by atoms with Crippen LogP contribution in [0.15, 0.2) is 121 Å². The van der Waals surface area contributed by atoms with Gasteiger partial charge in [0.15, 0.2) is 52.0 Å². The number of allylic oxidation sites excluding steroid dienone is 2. The van der Waals surface area contributed by atoms with Crippen LogP contribution < -0.4 is 44.1 Å². The van der Waals surface area contributed by atoms with Crippen LogP contribution in [0.5, 0.6) is 34.5 Å². The lowest BCUT2D eigenvalue weighted by molar-refractivity contribution is -0.129. The largest absolute Gasteiger partial charge is 0.535 e. The van der Waals surface area contributed by atoms with Crippen LogP contribution >= 0.6 is 0 Å². The first-order valence-electron chi connectivity index (χ1n) is 44.1. The standard InChI is InChI=1S/C19H25BO5.C16H19BO5.C16H17BO5.C16H17BO4.C14H17BN2O5.C14H18BNO6S/c1-12(21)16-7-5-6-13-10-14(20(24)25-18(13)16)11-15(22)8-9-17(23)19(2,3)4;2*1-10(18)6-7-14(20)9-13-8-12-4-3-5-15(11(2)19)16(12)22-17(13)21;1-3-4-7-14(19)10-13-9-12-6-5-8-15(11(2)18)16(12)21-17(13)20;1-8(18)12-4-2-3-9-5-10(15(21)22-13(9)12)6-11(19)7-17-14(16)20;1-9(17)13-4-2-3-10-7-11(15(19)22-14(10)13)8-12(18)5-6-23(16,20)21/h5-7,14,24H,8-11H2,1-4H3;3-5,13,21H,6-9H2,1-2H3;3-7,13,21H,8-9H2,1-2H3;1,5-6,8,13,20H,4,7,9-10H2,2H3;2-4,10,21H,5-7H2,1H3,(H3,16,17,20);2-4,11,19H,5-8H2,1H3,(H2,16,20,21)/b;;7-6+;;;/t14-;3*13-;10-;11-/m111111/s1. The zero-order chi connectivity index (χ0) is 100. The maximum absolute atomic E-state index is 12.2. The van der Waals surface area contributed by atoms with Crippen LogP contribution in [0.25, 0.3) is 0 Å². The number of sulfonamides is 1. The van der Waals surface area contributed by atoms with Crippen LogP contribution in [-0.2, 0) is 91.7 Å². The van der Waals surface area contributed by atoms with Crippen LogP contribution in [0.2, 0.25) is 34.9 Å². The third kappa shape index (κ3) is 33.7. The van der Waals surface area contributed by atoms with Gasteiger partial charge in [-0.05, 0) is 176 Å². The Morgan fingerprint density at radius 2 is 0.637 bits per heavy atom. The Kier molecular flexibility index (Phi) is 41.4. The predicted octanol–water partition coefficient (Wildman–Crippen LogP) is 9.47. The summed E-state index contributed by atoms with van der Waals surface area (Å²) in [6.45, 7) is 16.8. The van der Waals surface area contributed by atoms with Gasteiger partial charge in [0, 0.05) is 124 Å². The molecule has 0 saturated carbocycles. The first-order valence-corrected chi connectivity index (χ1v) is 45.8. The molecule has 2 amide bonds. The number of Topliss-reactive ketones (excluding diaryl/α,β-unsaturated/α-hetero) is 13. The van der Waals surface area contributed by atoms with Gasteiger partial charge < -0.3 is 73.9 Å². The molecular formula is C95H113B6N3O30S. The summed E-state index contributed by atoms with van der Waals surface area (Å²) in [5.41, 5.74) is 11.8. The molecule has 0 spiro atoms. The lowest BCUT2D eigenvalue weighted by Crippen LogP contribution is -2.38. The van der Waals surface area contributed by atoms with Gasteiger partial charge in [0.25, 0.3) is 0 Å². The summed E-state index contributed by atoms with van der Waals surface area (Å²) in [5.74, 6) is 0.155. The van der Waals surface area contributed by atoms with Crippen molar-refractivity contribution >= 4 is 146 Å². The SMILES string of the molecule is C#CCCC(=O)C[C@H]1Cc2cccc(C(C)=O)c2OB1O.CC(=O)/C=C/C(=O)C[C@H]1Cc2cccc(C(C)=O)c2OB1O.CC(=O)CCC(=O)C[C@H]1Cc2cccc(C(C)=O)c2OB1O.CC(=O)c1cccc2c1OB(O)[C@@H](CC(=O)CCC(=O)C(C)(C)C)C2.CC(=O)c1cccc2c1OB(O)[C@@H](CC(=O)CCS(N)(=O)=O)C2.CC(=O)c1cccc2c1OB(O)[C@@H](CC(=O)CNC(N)=O)C2. The lowest BCUT2D eigenvalue weighted by Gasteiger charge is -2.28. The summed E-state index contributed by atoms with van der Waals surface area (Å²) in [4.78, 5) is 185. The molecule has 0 aromatic heterocycles. The van der Waals surface area contributed by atoms with Crippen molar-refractivity contribution < 1.29 is 143 Å². The fourth-order valence-corrected chi connectivity index (χ4v) is 16.2. The van der Waals surface area contributed by atoms with Gasteiger partial charge in [0.05, 0.1) is 45.7 Å². The van der Waals surface area contributed by atoms with E-state index in [0.29, 0.717) is 119 Å². The van der Waals surface area contributed by atoms with E-state index in [-0.39, 0.29) is 181 Å². The Labute approximate surface area is 786 Å². The van der Waals surface area contributed by atoms with E-state index < -0.39 is 87.4 Å². The number of nitrogens with two attached hydrogens (primary N) is 2. The van der Waals surface area contributed by atoms with E-state index in [1.807, 2.05) is 45.0 Å². The minimum atomic E-state index is -3.69. The van der Waals surface area contributed by atoms with E-state index in [1.165, 1.54) is 67.5 Å². The number of terminal acetylenes is 1. The monoisotopic (exact) mass is 1870 g/mol. The van der Waals surface area contributed by atoms with E-state index in [1.54, 1.807) is 84.9 Å². The summed E-state index contributed by atoms with van der Waals surface area (Å²) in [6, 6.07) is 30.6. The number of carbonyl (C=O) groups is 16. The van der Waals surface area contributed by atoms with E-state index in [2.05, 4.69) is 11.2 Å². The number of urea groups is 1. The Morgan fingerprint density at radius 1 is 0.385 bits per heavy atom. The summed E-state index contributed by atoms with van der Waals surface area (Å²) in [5, 5.41) is 67.7. The quantitative estimate of drug-likeness (QED) is 0.00801. The van der Waals surface area contributed by atoms with E-state index in [4.69, 9.17) is 45.2 Å².